The minimum atomic E-state index is -4.37. The summed E-state index contributed by atoms with van der Waals surface area (Å²) in [4.78, 5) is 6.82. The Kier molecular flexibility index (Phi) is 2.82. The summed E-state index contributed by atoms with van der Waals surface area (Å²) in [7, 11) is 1.71. The lowest BCUT2D eigenvalue weighted by atomic mass is 10.1. The Morgan fingerprint density at radius 1 is 1.35 bits per heavy atom. The molecule has 6 heteroatoms. The molecule has 0 aliphatic heterocycles. The number of alkyl halides is 3. The zero-order chi connectivity index (χ0) is 12.6. The topological polar surface area (TPSA) is 40.7 Å². The number of hydrogen-bond acceptors (Lipinski definition) is 2. The zero-order valence-electron chi connectivity index (χ0n) is 9.44. The van der Waals surface area contributed by atoms with E-state index >= 15 is 0 Å². The Bertz CT molecular complexity index is 543. The molecule has 0 unspecified atom stereocenters. The molecule has 17 heavy (non-hydrogen) atoms. The summed E-state index contributed by atoms with van der Waals surface area (Å²) in [5.41, 5.74) is 0.283. The molecule has 2 rings (SSSR count). The Morgan fingerprint density at radius 2 is 2.06 bits per heavy atom. The van der Waals surface area contributed by atoms with Crippen LogP contribution in [0.1, 0.15) is 17.0 Å². The SMILES string of the molecule is CNCc1nc2cc(C)cc(C(F)(F)F)c2[nH]1. The molecule has 0 radical (unpaired) electrons. The summed E-state index contributed by atoms with van der Waals surface area (Å²) in [6, 6.07) is 2.77. The van der Waals surface area contributed by atoms with Crippen LogP contribution in [0.15, 0.2) is 12.1 Å². The predicted molar refractivity (Wildman–Crippen MR) is 58.6 cm³/mol. The monoisotopic (exact) mass is 243 g/mol. The molecular weight excluding hydrogens is 231 g/mol. The lowest BCUT2D eigenvalue weighted by molar-refractivity contribution is -0.136. The van der Waals surface area contributed by atoms with Gasteiger partial charge in [-0.15, -0.1) is 0 Å². The molecule has 92 valence electrons. The lowest BCUT2D eigenvalue weighted by Crippen LogP contribution is -2.07. The van der Waals surface area contributed by atoms with E-state index in [9.17, 15) is 13.2 Å². The summed E-state index contributed by atoms with van der Waals surface area (Å²) in [6.45, 7) is 2.03. The number of aromatic amines is 1. The molecule has 1 aromatic heterocycles. The summed E-state index contributed by atoms with van der Waals surface area (Å²) in [6.07, 6.45) is -4.37. The Labute approximate surface area is 96.0 Å². The van der Waals surface area contributed by atoms with Crippen LogP contribution in [0, 0.1) is 6.92 Å². The van der Waals surface area contributed by atoms with Crippen molar-refractivity contribution in [1.29, 1.82) is 0 Å². The first-order chi connectivity index (χ1) is 7.91. The average Bonchev–Trinajstić information content (AvgIpc) is 2.57. The van der Waals surface area contributed by atoms with Crippen LogP contribution >= 0.6 is 0 Å². The zero-order valence-corrected chi connectivity index (χ0v) is 9.44. The molecule has 0 aliphatic rings. The average molecular weight is 243 g/mol. The summed E-state index contributed by atoms with van der Waals surface area (Å²) in [5, 5.41) is 2.84. The van der Waals surface area contributed by atoms with Crippen LogP contribution < -0.4 is 5.32 Å². The van der Waals surface area contributed by atoms with E-state index in [1.807, 2.05) is 0 Å². The quantitative estimate of drug-likeness (QED) is 0.851. The van der Waals surface area contributed by atoms with Gasteiger partial charge in [0.05, 0.1) is 23.1 Å². The number of H-pyrrole nitrogens is 1. The van der Waals surface area contributed by atoms with Gasteiger partial charge in [0.25, 0.3) is 0 Å². The van der Waals surface area contributed by atoms with E-state index in [0.29, 0.717) is 23.4 Å². The van der Waals surface area contributed by atoms with Gasteiger partial charge in [0, 0.05) is 0 Å². The van der Waals surface area contributed by atoms with E-state index in [1.54, 1.807) is 20.0 Å². The maximum atomic E-state index is 12.8. The highest BCUT2D eigenvalue weighted by atomic mass is 19.4. The highest BCUT2D eigenvalue weighted by Gasteiger charge is 2.33. The number of nitrogens with zero attached hydrogens (tertiary/aromatic N) is 1. The van der Waals surface area contributed by atoms with E-state index in [-0.39, 0.29) is 5.52 Å². The van der Waals surface area contributed by atoms with Gasteiger partial charge < -0.3 is 10.3 Å². The van der Waals surface area contributed by atoms with Crippen molar-refractivity contribution < 1.29 is 13.2 Å². The largest absolute Gasteiger partial charge is 0.418 e. The van der Waals surface area contributed by atoms with Crippen molar-refractivity contribution in [2.24, 2.45) is 0 Å². The highest BCUT2D eigenvalue weighted by Crippen LogP contribution is 2.34. The van der Waals surface area contributed by atoms with Crippen LogP contribution in [0.25, 0.3) is 11.0 Å². The van der Waals surface area contributed by atoms with Gasteiger partial charge in [-0.3, -0.25) is 0 Å². The van der Waals surface area contributed by atoms with E-state index in [0.717, 1.165) is 6.07 Å². The third-order valence-corrected chi connectivity index (χ3v) is 2.44. The smallest absolute Gasteiger partial charge is 0.340 e. The third kappa shape index (κ3) is 2.26. The fraction of sp³-hybridized carbons (Fsp3) is 0.364. The standard InChI is InChI=1S/C11H12F3N3/c1-6-3-7(11(12,13)14)10-8(4-6)16-9(17-10)5-15-2/h3-4,15H,5H2,1-2H3,(H,16,17). The van der Waals surface area contributed by atoms with Gasteiger partial charge >= 0.3 is 6.18 Å². The van der Waals surface area contributed by atoms with Gasteiger partial charge in [0.1, 0.15) is 5.82 Å². The number of nitrogens with one attached hydrogen (secondary N) is 2. The highest BCUT2D eigenvalue weighted by molar-refractivity contribution is 5.80. The molecule has 2 N–H and O–H groups in total. The predicted octanol–water partition coefficient (Wildman–Crippen LogP) is 2.61. The molecule has 2 aromatic rings. The molecule has 0 spiro atoms. The summed E-state index contributed by atoms with van der Waals surface area (Å²) < 4.78 is 38.5. The van der Waals surface area contributed by atoms with Crippen molar-refractivity contribution in [3.63, 3.8) is 0 Å². The second kappa shape index (κ2) is 4.03. The molecule has 0 saturated heterocycles. The van der Waals surface area contributed by atoms with E-state index in [2.05, 4.69) is 15.3 Å². The minimum Gasteiger partial charge on any atom is -0.340 e. The van der Waals surface area contributed by atoms with Crippen LogP contribution in [-0.4, -0.2) is 17.0 Å². The number of halogens is 3. The van der Waals surface area contributed by atoms with Crippen molar-refractivity contribution in [3.8, 4) is 0 Å². The Balaban J connectivity index is 2.66. The van der Waals surface area contributed by atoms with Gasteiger partial charge in [-0.25, -0.2) is 4.98 Å². The molecule has 0 saturated carbocycles. The first-order valence-electron chi connectivity index (χ1n) is 5.13. The number of aryl methyl sites for hydroxylation is 1. The molecule has 0 atom stereocenters. The Morgan fingerprint density at radius 3 is 2.65 bits per heavy atom. The molecule has 0 aliphatic carbocycles. The molecular formula is C11H12F3N3. The van der Waals surface area contributed by atoms with E-state index < -0.39 is 11.7 Å². The fourth-order valence-electron chi connectivity index (χ4n) is 1.78. The van der Waals surface area contributed by atoms with Gasteiger partial charge in [0.15, 0.2) is 0 Å². The maximum absolute atomic E-state index is 12.8. The lowest BCUT2D eigenvalue weighted by Gasteiger charge is -2.08. The molecule has 0 amide bonds. The minimum absolute atomic E-state index is 0.0494. The van der Waals surface area contributed by atoms with Gasteiger partial charge in [-0.1, -0.05) is 0 Å². The van der Waals surface area contributed by atoms with Crippen molar-refractivity contribution in [2.45, 2.75) is 19.6 Å². The van der Waals surface area contributed by atoms with E-state index in [4.69, 9.17) is 0 Å². The second-order valence-electron chi connectivity index (χ2n) is 3.92. The summed E-state index contributed by atoms with van der Waals surface area (Å²) in [5.74, 6) is 0.499. The number of hydrogen-bond donors (Lipinski definition) is 2. The van der Waals surface area contributed by atoms with Crippen LogP contribution in [0.2, 0.25) is 0 Å². The van der Waals surface area contributed by atoms with E-state index in [1.165, 1.54) is 0 Å². The molecule has 1 aromatic carbocycles. The van der Waals surface area contributed by atoms with Gasteiger partial charge in [-0.2, -0.15) is 13.2 Å². The second-order valence-corrected chi connectivity index (χ2v) is 3.92. The molecule has 3 nitrogen and oxygen atoms in total. The number of rotatable bonds is 2. The fourth-order valence-corrected chi connectivity index (χ4v) is 1.78. The normalized spacial score (nSPS) is 12.3. The molecule has 0 fully saturated rings. The number of imidazole rings is 1. The maximum Gasteiger partial charge on any atom is 0.418 e. The first kappa shape index (κ1) is 11.9. The first-order valence-corrected chi connectivity index (χ1v) is 5.13. The van der Waals surface area contributed by atoms with Gasteiger partial charge in [-0.05, 0) is 31.7 Å². The van der Waals surface area contributed by atoms with Crippen molar-refractivity contribution in [3.05, 3.63) is 29.1 Å². The Hall–Kier alpha value is -1.56. The van der Waals surface area contributed by atoms with Crippen LogP contribution in [-0.2, 0) is 12.7 Å². The van der Waals surface area contributed by atoms with Crippen LogP contribution in [0.3, 0.4) is 0 Å². The number of benzene rings is 1. The molecule has 1 heterocycles. The third-order valence-electron chi connectivity index (χ3n) is 2.44. The van der Waals surface area contributed by atoms with Crippen molar-refractivity contribution in [1.82, 2.24) is 15.3 Å². The van der Waals surface area contributed by atoms with Crippen molar-refractivity contribution >= 4 is 11.0 Å². The van der Waals surface area contributed by atoms with Crippen LogP contribution in [0.4, 0.5) is 13.2 Å². The van der Waals surface area contributed by atoms with Gasteiger partial charge in [0.2, 0.25) is 0 Å². The number of fused-ring (bicyclic) bond motifs is 1. The van der Waals surface area contributed by atoms with Crippen molar-refractivity contribution in [2.75, 3.05) is 7.05 Å². The molecule has 0 bridgehead atoms. The van der Waals surface area contributed by atoms with Crippen LogP contribution in [0.5, 0.6) is 0 Å². The number of aromatic nitrogens is 2. The summed E-state index contributed by atoms with van der Waals surface area (Å²) >= 11 is 0.